The van der Waals surface area contributed by atoms with Crippen LogP contribution < -0.4 is 5.32 Å². The van der Waals surface area contributed by atoms with Crippen LogP contribution >= 0.6 is 11.6 Å². The molecule has 0 aliphatic carbocycles. The molecule has 1 aliphatic rings. The van der Waals surface area contributed by atoms with Crippen LogP contribution in [0, 0.1) is 6.92 Å². The molecule has 1 aromatic heterocycles. The fourth-order valence-electron chi connectivity index (χ4n) is 3.41. The van der Waals surface area contributed by atoms with Crippen molar-refractivity contribution in [3.05, 3.63) is 64.4 Å². The Hall–Kier alpha value is -2.79. The van der Waals surface area contributed by atoms with Crippen LogP contribution in [0.5, 0.6) is 0 Å². The third-order valence-corrected chi connectivity index (χ3v) is 5.20. The molecule has 6 heteroatoms. The number of nitrogens with one attached hydrogen (secondary N) is 1. The standard InChI is InChI=1S/C21H19ClN2O3/c1-13-16-5-4-6-17(22)19(16)27-18(13)20(25)23-15-9-7-14(8-10-15)21(26)24-11-2-3-12-24/h4-10H,2-3,11-12H2,1H3,(H,23,25). The number of benzene rings is 2. The van der Waals surface area contributed by atoms with Crippen molar-refractivity contribution in [1.82, 2.24) is 4.90 Å². The molecule has 1 aliphatic heterocycles. The van der Waals surface area contributed by atoms with Crippen molar-refractivity contribution in [1.29, 1.82) is 0 Å². The van der Waals surface area contributed by atoms with Crippen LogP contribution in [0.3, 0.4) is 0 Å². The Balaban J connectivity index is 1.52. The Morgan fingerprint density at radius 3 is 2.44 bits per heavy atom. The monoisotopic (exact) mass is 382 g/mol. The van der Waals surface area contributed by atoms with E-state index in [9.17, 15) is 9.59 Å². The molecule has 5 nitrogen and oxygen atoms in total. The minimum Gasteiger partial charge on any atom is -0.449 e. The zero-order valence-electron chi connectivity index (χ0n) is 14.9. The molecule has 2 amide bonds. The lowest BCUT2D eigenvalue weighted by atomic mass is 10.1. The summed E-state index contributed by atoms with van der Waals surface area (Å²) in [4.78, 5) is 26.9. The highest BCUT2D eigenvalue weighted by molar-refractivity contribution is 6.35. The van der Waals surface area contributed by atoms with E-state index in [-0.39, 0.29) is 17.6 Å². The molecule has 1 N–H and O–H groups in total. The second-order valence-electron chi connectivity index (χ2n) is 6.70. The second-order valence-corrected chi connectivity index (χ2v) is 7.11. The molecule has 0 saturated carbocycles. The number of aryl methyl sites for hydroxylation is 1. The lowest BCUT2D eigenvalue weighted by Crippen LogP contribution is -2.27. The van der Waals surface area contributed by atoms with Gasteiger partial charge in [0.25, 0.3) is 11.8 Å². The molecular formula is C21H19ClN2O3. The average Bonchev–Trinajstić information content (AvgIpc) is 3.31. The summed E-state index contributed by atoms with van der Waals surface area (Å²) in [5, 5.41) is 4.10. The highest BCUT2D eigenvalue weighted by Gasteiger charge is 2.21. The largest absolute Gasteiger partial charge is 0.449 e. The fourth-order valence-corrected chi connectivity index (χ4v) is 3.63. The van der Waals surface area contributed by atoms with Crippen LogP contribution in [0.4, 0.5) is 5.69 Å². The molecule has 138 valence electrons. The molecular weight excluding hydrogens is 364 g/mol. The number of halogens is 1. The summed E-state index contributed by atoms with van der Waals surface area (Å²) in [5.74, 6) is -0.0816. The number of hydrogen-bond acceptors (Lipinski definition) is 3. The van der Waals surface area contributed by atoms with Crippen LogP contribution in [-0.2, 0) is 0 Å². The highest BCUT2D eigenvalue weighted by Crippen LogP contribution is 2.31. The highest BCUT2D eigenvalue weighted by atomic mass is 35.5. The molecule has 1 saturated heterocycles. The van der Waals surface area contributed by atoms with Crippen LogP contribution in [-0.4, -0.2) is 29.8 Å². The number of furan rings is 1. The molecule has 27 heavy (non-hydrogen) atoms. The Bertz CT molecular complexity index is 1020. The van der Waals surface area contributed by atoms with Gasteiger partial charge in [-0.05, 0) is 50.1 Å². The fraction of sp³-hybridized carbons (Fsp3) is 0.238. The summed E-state index contributed by atoms with van der Waals surface area (Å²) in [7, 11) is 0. The first-order valence-electron chi connectivity index (χ1n) is 8.93. The van der Waals surface area contributed by atoms with Gasteiger partial charge in [0.2, 0.25) is 0 Å². The summed E-state index contributed by atoms with van der Waals surface area (Å²) < 4.78 is 5.69. The van der Waals surface area contributed by atoms with Gasteiger partial charge in [0.15, 0.2) is 11.3 Å². The van der Waals surface area contributed by atoms with Gasteiger partial charge in [0.1, 0.15) is 0 Å². The zero-order chi connectivity index (χ0) is 19.0. The van der Waals surface area contributed by atoms with Crippen molar-refractivity contribution in [2.45, 2.75) is 19.8 Å². The van der Waals surface area contributed by atoms with Gasteiger partial charge in [-0.2, -0.15) is 0 Å². The van der Waals surface area contributed by atoms with E-state index in [4.69, 9.17) is 16.0 Å². The number of nitrogens with zero attached hydrogens (tertiary/aromatic N) is 1. The molecule has 2 aromatic carbocycles. The van der Waals surface area contributed by atoms with E-state index >= 15 is 0 Å². The van der Waals surface area contributed by atoms with Crippen molar-refractivity contribution in [2.75, 3.05) is 18.4 Å². The van der Waals surface area contributed by atoms with Crippen molar-refractivity contribution in [2.24, 2.45) is 0 Å². The first-order valence-corrected chi connectivity index (χ1v) is 9.30. The van der Waals surface area contributed by atoms with E-state index in [2.05, 4.69) is 5.32 Å². The summed E-state index contributed by atoms with van der Waals surface area (Å²) in [6.45, 7) is 3.45. The maximum Gasteiger partial charge on any atom is 0.291 e. The van der Waals surface area contributed by atoms with Gasteiger partial charge < -0.3 is 14.6 Å². The summed E-state index contributed by atoms with van der Waals surface area (Å²) >= 11 is 6.15. The zero-order valence-corrected chi connectivity index (χ0v) is 15.7. The minimum absolute atomic E-state index is 0.0353. The lowest BCUT2D eigenvalue weighted by Gasteiger charge is -2.15. The summed E-state index contributed by atoms with van der Waals surface area (Å²) in [5.41, 5.74) is 2.48. The first-order chi connectivity index (χ1) is 13.0. The lowest BCUT2D eigenvalue weighted by molar-refractivity contribution is 0.0792. The summed E-state index contributed by atoms with van der Waals surface area (Å²) in [6, 6.07) is 12.3. The molecule has 0 bridgehead atoms. The van der Waals surface area contributed by atoms with Gasteiger partial charge in [0.05, 0.1) is 5.02 Å². The predicted octanol–water partition coefficient (Wildman–Crippen LogP) is 4.88. The number of carbonyl (C=O) groups excluding carboxylic acids is 2. The number of hydrogen-bond donors (Lipinski definition) is 1. The van der Waals surface area contributed by atoms with Crippen LogP contribution in [0.25, 0.3) is 11.0 Å². The van der Waals surface area contributed by atoms with Crippen LogP contribution in [0.15, 0.2) is 46.9 Å². The average molecular weight is 383 g/mol. The topological polar surface area (TPSA) is 62.6 Å². The second kappa shape index (κ2) is 7.08. The van der Waals surface area contributed by atoms with Gasteiger partial charge in [-0.3, -0.25) is 9.59 Å². The van der Waals surface area contributed by atoms with Crippen molar-refractivity contribution >= 4 is 40.1 Å². The van der Waals surface area contributed by atoms with Gasteiger partial charge in [-0.15, -0.1) is 0 Å². The molecule has 0 unspecified atom stereocenters. The van der Waals surface area contributed by atoms with E-state index in [1.165, 1.54) is 0 Å². The van der Waals surface area contributed by atoms with E-state index in [0.29, 0.717) is 21.9 Å². The maximum atomic E-state index is 12.6. The normalized spacial score (nSPS) is 13.9. The molecule has 0 spiro atoms. The third kappa shape index (κ3) is 3.30. The molecule has 3 aromatic rings. The Labute approximate surface area is 161 Å². The Morgan fingerprint density at radius 2 is 1.78 bits per heavy atom. The molecule has 0 radical (unpaired) electrons. The van der Waals surface area contributed by atoms with Crippen molar-refractivity contribution in [3.63, 3.8) is 0 Å². The minimum atomic E-state index is -0.349. The number of carbonyl (C=O) groups is 2. The number of likely N-dealkylation sites (tertiary alicyclic amines) is 1. The van der Waals surface area contributed by atoms with Crippen LogP contribution in [0.2, 0.25) is 5.02 Å². The van der Waals surface area contributed by atoms with Gasteiger partial charge in [-0.25, -0.2) is 0 Å². The predicted molar refractivity (Wildman–Crippen MR) is 105 cm³/mol. The van der Waals surface area contributed by atoms with Crippen molar-refractivity contribution in [3.8, 4) is 0 Å². The molecule has 0 atom stereocenters. The number of amides is 2. The molecule has 4 rings (SSSR count). The number of fused-ring (bicyclic) bond motifs is 1. The molecule has 2 heterocycles. The third-order valence-electron chi connectivity index (χ3n) is 4.90. The number of para-hydroxylation sites is 1. The van der Waals surface area contributed by atoms with E-state index < -0.39 is 0 Å². The number of anilines is 1. The van der Waals surface area contributed by atoms with E-state index in [0.717, 1.165) is 36.9 Å². The Kier molecular flexibility index (Phi) is 4.62. The maximum absolute atomic E-state index is 12.6. The SMILES string of the molecule is Cc1c(C(=O)Nc2ccc(C(=O)N3CCCC3)cc2)oc2c(Cl)cccc12. The quantitative estimate of drug-likeness (QED) is 0.702. The van der Waals surface area contributed by atoms with E-state index in [1.807, 2.05) is 24.0 Å². The number of rotatable bonds is 3. The molecule has 1 fully saturated rings. The van der Waals surface area contributed by atoms with Gasteiger partial charge >= 0.3 is 0 Å². The van der Waals surface area contributed by atoms with Crippen molar-refractivity contribution < 1.29 is 14.0 Å². The van der Waals surface area contributed by atoms with Gasteiger partial charge in [0, 0.05) is 35.3 Å². The smallest absolute Gasteiger partial charge is 0.291 e. The van der Waals surface area contributed by atoms with Crippen LogP contribution in [0.1, 0.15) is 39.3 Å². The summed E-state index contributed by atoms with van der Waals surface area (Å²) in [6.07, 6.45) is 2.11. The van der Waals surface area contributed by atoms with Gasteiger partial charge in [-0.1, -0.05) is 23.7 Å². The van der Waals surface area contributed by atoms with E-state index in [1.54, 1.807) is 30.3 Å². The first kappa shape index (κ1) is 17.6. The Morgan fingerprint density at radius 1 is 1.07 bits per heavy atom.